The average Bonchev–Trinajstić information content (AvgIpc) is 2.55. The van der Waals surface area contributed by atoms with Gasteiger partial charge in [0.2, 0.25) is 0 Å². The van der Waals surface area contributed by atoms with Crippen molar-refractivity contribution in [3.63, 3.8) is 0 Å². The van der Waals surface area contributed by atoms with E-state index in [1.807, 2.05) is 6.07 Å². The maximum absolute atomic E-state index is 12.0. The van der Waals surface area contributed by atoms with Gasteiger partial charge in [0.15, 0.2) is 0 Å². The SMILES string of the molecule is CON(C)S(=O)(=O)c1ccc(C(=O)Oc2ccccc2)cc1. The standard InChI is InChI=1S/C15H15NO5S/c1-16(20-2)22(18,19)14-10-8-12(9-11-14)15(17)21-13-6-4-3-5-7-13/h3-11H,1-2H3. The molecule has 116 valence electrons. The summed E-state index contributed by atoms with van der Waals surface area (Å²) >= 11 is 0. The van der Waals surface area contributed by atoms with Gasteiger partial charge in [-0.15, -0.1) is 0 Å². The summed E-state index contributed by atoms with van der Waals surface area (Å²) in [6.07, 6.45) is 0. The first-order valence-electron chi connectivity index (χ1n) is 6.35. The average molecular weight is 321 g/mol. The zero-order valence-corrected chi connectivity index (χ0v) is 12.9. The lowest BCUT2D eigenvalue weighted by atomic mass is 10.2. The molecule has 2 aromatic carbocycles. The number of carbonyl (C=O) groups excluding carboxylic acids is 1. The van der Waals surface area contributed by atoms with Gasteiger partial charge >= 0.3 is 5.97 Å². The smallest absolute Gasteiger partial charge is 0.343 e. The minimum Gasteiger partial charge on any atom is -0.423 e. The molecule has 0 radical (unpaired) electrons. The van der Waals surface area contributed by atoms with Gasteiger partial charge in [0.1, 0.15) is 5.75 Å². The molecule has 0 amide bonds. The molecule has 0 aromatic heterocycles. The van der Waals surface area contributed by atoms with Crippen LogP contribution in [-0.4, -0.2) is 33.0 Å². The number of nitrogens with zero attached hydrogens (tertiary/aromatic N) is 1. The van der Waals surface area contributed by atoms with Crippen molar-refractivity contribution < 1.29 is 22.8 Å². The Balaban J connectivity index is 2.17. The Morgan fingerprint density at radius 3 is 2.14 bits per heavy atom. The molecule has 0 aliphatic carbocycles. The number of carbonyl (C=O) groups is 1. The number of hydrogen-bond acceptors (Lipinski definition) is 5. The normalized spacial score (nSPS) is 11.4. The summed E-state index contributed by atoms with van der Waals surface area (Å²) in [6.45, 7) is 0. The summed E-state index contributed by atoms with van der Waals surface area (Å²) in [6, 6.07) is 14.1. The molecule has 0 saturated heterocycles. The first-order valence-corrected chi connectivity index (χ1v) is 7.79. The third-order valence-corrected chi connectivity index (χ3v) is 4.63. The van der Waals surface area contributed by atoms with Crippen LogP contribution in [0.1, 0.15) is 10.4 Å². The van der Waals surface area contributed by atoms with Crippen LogP contribution in [0.3, 0.4) is 0 Å². The fraction of sp³-hybridized carbons (Fsp3) is 0.133. The highest BCUT2D eigenvalue weighted by atomic mass is 32.2. The zero-order valence-electron chi connectivity index (χ0n) is 12.1. The Kier molecular flexibility index (Phi) is 4.92. The summed E-state index contributed by atoms with van der Waals surface area (Å²) < 4.78 is 30.0. The van der Waals surface area contributed by atoms with Crippen LogP contribution in [0.25, 0.3) is 0 Å². The number of ether oxygens (including phenoxy) is 1. The first-order chi connectivity index (χ1) is 10.4. The number of benzene rings is 2. The van der Waals surface area contributed by atoms with E-state index in [9.17, 15) is 13.2 Å². The summed E-state index contributed by atoms with van der Waals surface area (Å²) in [5.41, 5.74) is 0.253. The van der Waals surface area contributed by atoms with Crippen LogP contribution < -0.4 is 4.74 Å². The molecule has 2 rings (SSSR count). The second-order valence-electron chi connectivity index (χ2n) is 4.32. The molecule has 0 N–H and O–H groups in total. The van der Waals surface area contributed by atoms with Crippen LogP contribution in [-0.2, 0) is 14.9 Å². The largest absolute Gasteiger partial charge is 0.423 e. The highest BCUT2D eigenvalue weighted by Crippen LogP contribution is 2.17. The predicted octanol–water partition coefficient (Wildman–Crippen LogP) is 2.09. The van der Waals surface area contributed by atoms with E-state index in [1.54, 1.807) is 24.3 Å². The Bertz CT molecular complexity index is 741. The van der Waals surface area contributed by atoms with Gasteiger partial charge in [-0.05, 0) is 36.4 Å². The van der Waals surface area contributed by atoms with Crippen molar-refractivity contribution in [1.29, 1.82) is 0 Å². The molecule has 0 spiro atoms. The molecule has 7 heteroatoms. The molecule has 2 aromatic rings. The number of esters is 1. The number of sulfonamides is 1. The lowest BCUT2D eigenvalue weighted by molar-refractivity contribution is -0.0258. The van der Waals surface area contributed by atoms with Gasteiger partial charge < -0.3 is 4.74 Å². The molecule has 0 fully saturated rings. The van der Waals surface area contributed by atoms with Crippen LogP contribution in [0.2, 0.25) is 0 Å². The molecule has 0 heterocycles. The highest BCUT2D eigenvalue weighted by molar-refractivity contribution is 7.89. The number of hydroxylamine groups is 1. The Labute approximate surface area is 128 Å². The third kappa shape index (κ3) is 3.51. The quantitative estimate of drug-likeness (QED) is 0.479. The molecule has 22 heavy (non-hydrogen) atoms. The molecule has 0 atom stereocenters. The molecule has 0 unspecified atom stereocenters. The van der Waals surface area contributed by atoms with Crippen molar-refractivity contribution in [3.8, 4) is 5.75 Å². The van der Waals surface area contributed by atoms with E-state index >= 15 is 0 Å². The summed E-state index contributed by atoms with van der Waals surface area (Å²) in [5, 5.41) is 0. The molecule has 0 aliphatic rings. The van der Waals surface area contributed by atoms with Crippen LogP contribution in [0.5, 0.6) is 5.75 Å². The lowest BCUT2D eigenvalue weighted by Gasteiger charge is -2.14. The zero-order chi connectivity index (χ0) is 16.2. The number of rotatable bonds is 5. The van der Waals surface area contributed by atoms with Gasteiger partial charge in [0, 0.05) is 7.05 Å². The van der Waals surface area contributed by atoms with E-state index in [1.165, 1.54) is 38.4 Å². The minimum atomic E-state index is -3.73. The van der Waals surface area contributed by atoms with Crippen LogP contribution in [0.4, 0.5) is 0 Å². The van der Waals surface area contributed by atoms with E-state index in [0.29, 0.717) is 5.75 Å². The molecule has 0 saturated carbocycles. The van der Waals surface area contributed by atoms with E-state index in [-0.39, 0.29) is 10.5 Å². The fourth-order valence-corrected chi connectivity index (χ4v) is 2.64. The summed E-state index contributed by atoms with van der Waals surface area (Å²) in [4.78, 5) is 16.7. The Morgan fingerprint density at radius 1 is 1.00 bits per heavy atom. The van der Waals surface area contributed by atoms with E-state index in [0.717, 1.165) is 4.47 Å². The number of para-hydroxylation sites is 1. The topological polar surface area (TPSA) is 72.9 Å². The van der Waals surface area contributed by atoms with Crippen molar-refractivity contribution in [2.24, 2.45) is 0 Å². The molecule has 0 bridgehead atoms. The van der Waals surface area contributed by atoms with E-state index < -0.39 is 16.0 Å². The van der Waals surface area contributed by atoms with Gasteiger partial charge in [-0.2, -0.15) is 0 Å². The molecular weight excluding hydrogens is 306 g/mol. The summed E-state index contributed by atoms with van der Waals surface area (Å²) in [5.74, 6) is -0.140. The van der Waals surface area contributed by atoms with Crippen molar-refractivity contribution in [3.05, 3.63) is 60.2 Å². The van der Waals surface area contributed by atoms with Gasteiger partial charge in [-0.25, -0.2) is 13.2 Å². The lowest BCUT2D eigenvalue weighted by Crippen LogP contribution is -2.25. The van der Waals surface area contributed by atoms with Crippen molar-refractivity contribution in [1.82, 2.24) is 4.47 Å². The van der Waals surface area contributed by atoms with E-state index in [2.05, 4.69) is 4.84 Å². The first kappa shape index (κ1) is 16.2. The third-order valence-electron chi connectivity index (χ3n) is 2.94. The van der Waals surface area contributed by atoms with Gasteiger partial charge in [-0.1, -0.05) is 22.7 Å². The second-order valence-corrected chi connectivity index (χ2v) is 6.26. The van der Waals surface area contributed by atoms with Crippen LogP contribution >= 0.6 is 0 Å². The molecule has 0 aliphatic heterocycles. The van der Waals surface area contributed by atoms with Crippen molar-refractivity contribution in [2.75, 3.05) is 14.2 Å². The maximum Gasteiger partial charge on any atom is 0.343 e. The molecule has 6 nitrogen and oxygen atoms in total. The van der Waals surface area contributed by atoms with Crippen molar-refractivity contribution in [2.45, 2.75) is 4.90 Å². The maximum atomic E-state index is 12.0. The molecular formula is C15H15NO5S. The van der Waals surface area contributed by atoms with Crippen molar-refractivity contribution >= 4 is 16.0 Å². The minimum absolute atomic E-state index is 0.0214. The van der Waals surface area contributed by atoms with Crippen LogP contribution in [0.15, 0.2) is 59.5 Å². The van der Waals surface area contributed by atoms with Crippen LogP contribution in [0, 0.1) is 0 Å². The monoisotopic (exact) mass is 321 g/mol. The Hall–Kier alpha value is -2.22. The Morgan fingerprint density at radius 2 is 1.59 bits per heavy atom. The highest BCUT2D eigenvalue weighted by Gasteiger charge is 2.21. The van der Waals surface area contributed by atoms with E-state index in [4.69, 9.17) is 4.74 Å². The van der Waals surface area contributed by atoms with Gasteiger partial charge in [-0.3, -0.25) is 4.84 Å². The second kappa shape index (κ2) is 6.69. The fourth-order valence-electron chi connectivity index (χ4n) is 1.66. The van der Waals surface area contributed by atoms with Gasteiger partial charge in [0.25, 0.3) is 10.0 Å². The number of hydrogen-bond donors (Lipinski definition) is 0. The van der Waals surface area contributed by atoms with Gasteiger partial charge in [0.05, 0.1) is 17.6 Å². The summed E-state index contributed by atoms with van der Waals surface area (Å²) in [7, 11) is -1.19. The predicted molar refractivity (Wildman–Crippen MR) is 79.8 cm³/mol.